The van der Waals surface area contributed by atoms with Crippen molar-refractivity contribution < 1.29 is 14.3 Å². The molecule has 0 spiro atoms. The van der Waals surface area contributed by atoms with Gasteiger partial charge in [-0.3, -0.25) is 4.98 Å². The predicted octanol–water partition coefficient (Wildman–Crippen LogP) is 6.67. The number of amides is 1. The van der Waals surface area contributed by atoms with Crippen molar-refractivity contribution >= 4 is 74.6 Å². The second kappa shape index (κ2) is 20.1. The van der Waals surface area contributed by atoms with Crippen molar-refractivity contribution in [1.29, 1.82) is 0 Å². The number of carbonyl (C=O) groups excluding carboxylic acids is 1. The van der Waals surface area contributed by atoms with E-state index in [1.54, 1.807) is 25.3 Å². The lowest BCUT2D eigenvalue weighted by atomic mass is 10.1. The van der Waals surface area contributed by atoms with E-state index in [4.69, 9.17) is 55.0 Å². The molecule has 0 bridgehead atoms. The molecule has 0 aliphatic carbocycles. The number of aromatic nitrogens is 6. The molecule has 4 heterocycles. The number of nitrogen functional groups attached to an aromatic ring is 1. The summed E-state index contributed by atoms with van der Waals surface area (Å²) in [7, 11) is 7.52. The number of benzene rings is 1. The number of nitrogens with two attached hydrogens (primary N) is 1. The van der Waals surface area contributed by atoms with Gasteiger partial charge in [0, 0.05) is 94.1 Å². The van der Waals surface area contributed by atoms with E-state index in [0.29, 0.717) is 47.9 Å². The van der Waals surface area contributed by atoms with Crippen LogP contribution in [-0.4, -0.2) is 117 Å². The maximum absolute atomic E-state index is 12.7. The summed E-state index contributed by atoms with van der Waals surface area (Å²) in [6, 6.07) is 6.35. The molecule has 1 amide bonds. The highest BCUT2D eigenvalue weighted by molar-refractivity contribution is 6.34. The number of unbranched alkanes of at least 4 members (excludes halogenated alkanes) is 1. The lowest BCUT2D eigenvalue weighted by Crippen LogP contribution is -2.35. The fraction of sp³-hybridized carbons (Fsp3) is 0.475. The van der Waals surface area contributed by atoms with Gasteiger partial charge in [-0.15, -0.1) is 23.2 Å². The standard InChI is InChI=1S/C40H51Cl3N10O3/c1-27-24-45-32(28(2)36(27)55-6)26-53-25-29(35-37(43)47-39(44)48-38(35)53)11-8-10-22-56-40(54)50(4)21-20-49(3)17-9-7-12-34-46-31-23-30(13-14-33(31)51(34)5)52(18-15-41)19-16-42/h13-14,23-25H,7,9-10,12,15-22,26H2,1-6H3,(H2,44,47,48). The Hall–Kier alpha value is -4.48. The van der Waals surface area contributed by atoms with Crippen molar-refractivity contribution in [1.82, 2.24) is 38.9 Å². The quantitative estimate of drug-likeness (QED) is 0.0442. The van der Waals surface area contributed by atoms with Crippen molar-refractivity contribution in [2.45, 2.75) is 46.1 Å². The Morgan fingerprint density at radius 1 is 1.02 bits per heavy atom. The summed E-state index contributed by atoms with van der Waals surface area (Å²) in [6.07, 6.45) is 6.49. The third kappa shape index (κ3) is 10.5. The Morgan fingerprint density at radius 3 is 2.52 bits per heavy atom. The molecule has 1 aromatic carbocycles. The number of halogens is 3. The third-order valence-electron chi connectivity index (χ3n) is 9.79. The zero-order valence-corrected chi connectivity index (χ0v) is 35.3. The molecule has 0 aliphatic heterocycles. The average Bonchev–Trinajstić information content (AvgIpc) is 3.68. The molecule has 13 nitrogen and oxygen atoms in total. The number of carbonyl (C=O) groups is 1. The molecule has 56 heavy (non-hydrogen) atoms. The van der Waals surface area contributed by atoms with Gasteiger partial charge >= 0.3 is 6.09 Å². The van der Waals surface area contributed by atoms with E-state index >= 15 is 0 Å². The van der Waals surface area contributed by atoms with E-state index in [2.05, 4.69) is 73.5 Å². The fourth-order valence-corrected chi connectivity index (χ4v) is 7.33. The van der Waals surface area contributed by atoms with E-state index in [-0.39, 0.29) is 17.7 Å². The third-order valence-corrected chi connectivity index (χ3v) is 10.4. The highest BCUT2D eigenvalue weighted by Crippen LogP contribution is 2.30. The summed E-state index contributed by atoms with van der Waals surface area (Å²) >= 11 is 18.6. The largest absolute Gasteiger partial charge is 0.496 e. The number of hydrogen-bond acceptors (Lipinski definition) is 10. The van der Waals surface area contributed by atoms with E-state index in [0.717, 1.165) is 90.6 Å². The van der Waals surface area contributed by atoms with Crippen LogP contribution in [0.25, 0.3) is 22.1 Å². The normalized spacial score (nSPS) is 11.3. The lowest BCUT2D eigenvalue weighted by Gasteiger charge is -2.22. The molecule has 300 valence electrons. The monoisotopic (exact) mass is 824 g/mol. The van der Waals surface area contributed by atoms with Crippen LogP contribution in [0.15, 0.2) is 30.6 Å². The van der Waals surface area contributed by atoms with Crippen LogP contribution in [0.3, 0.4) is 0 Å². The molecular weight excluding hydrogens is 775 g/mol. The average molecular weight is 826 g/mol. The van der Waals surface area contributed by atoms with Crippen LogP contribution in [0.5, 0.6) is 5.75 Å². The van der Waals surface area contributed by atoms with Crippen LogP contribution in [0.1, 0.15) is 47.5 Å². The van der Waals surface area contributed by atoms with Gasteiger partial charge in [0.1, 0.15) is 29.0 Å². The Morgan fingerprint density at radius 2 is 1.79 bits per heavy atom. The van der Waals surface area contributed by atoms with E-state index in [9.17, 15) is 4.79 Å². The number of likely N-dealkylation sites (N-methyl/N-ethyl adjacent to an activating group) is 2. The smallest absolute Gasteiger partial charge is 0.409 e. The molecule has 5 aromatic rings. The van der Waals surface area contributed by atoms with Gasteiger partial charge in [0.25, 0.3) is 0 Å². The van der Waals surface area contributed by atoms with Gasteiger partial charge in [-0.05, 0) is 58.5 Å². The van der Waals surface area contributed by atoms with E-state index in [1.807, 2.05) is 24.6 Å². The maximum Gasteiger partial charge on any atom is 0.409 e. The zero-order chi connectivity index (χ0) is 40.4. The van der Waals surface area contributed by atoms with Gasteiger partial charge in [-0.25, -0.2) is 14.8 Å². The number of alkyl halides is 2. The minimum atomic E-state index is -0.390. The summed E-state index contributed by atoms with van der Waals surface area (Å²) in [5.41, 5.74) is 13.0. The first-order valence-electron chi connectivity index (χ1n) is 18.6. The molecule has 0 saturated heterocycles. The number of imidazole rings is 1. The topological polar surface area (TPSA) is 133 Å². The summed E-state index contributed by atoms with van der Waals surface area (Å²) in [4.78, 5) is 36.9. The first kappa shape index (κ1) is 42.7. The molecule has 0 radical (unpaired) electrons. The minimum absolute atomic E-state index is 0.0634. The van der Waals surface area contributed by atoms with Gasteiger partial charge in [0.2, 0.25) is 5.95 Å². The highest BCUT2D eigenvalue weighted by atomic mass is 35.5. The van der Waals surface area contributed by atoms with Crippen LogP contribution in [0.4, 0.5) is 16.4 Å². The van der Waals surface area contributed by atoms with Gasteiger partial charge in [0.15, 0.2) is 0 Å². The molecule has 4 aromatic heterocycles. The first-order valence-corrected chi connectivity index (χ1v) is 20.1. The van der Waals surface area contributed by atoms with E-state index in [1.165, 1.54) is 0 Å². The number of pyridine rings is 1. The summed E-state index contributed by atoms with van der Waals surface area (Å²) < 4.78 is 15.2. The highest BCUT2D eigenvalue weighted by Gasteiger charge is 2.18. The summed E-state index contributed by atoms with van der Waals surface area (Å²) in [5, 5.41) is 0.809. The molecule has 5 rings (SSSR count). The van der Waals surface area contributed by atoms with Crippen LogP contribution >= 0.6 is 34.8 Å². The van der Waals surface area contributed by atoms with Crippen molar-refractivity contribution in [3.8, 4) is 17.6 Å². The lowest BCUT2D eigenvalue weighted by molar-refractivity contribution is 0.110. The predicted molar refractivity (Wildman–Crippen MR) is 227 cm³/mol. The number of anilines is 2. The van der Waals surface area contributed by atoms with Gasteiger partial charge in [-0.2, -0.15) is 4.98 Å². The van der Waals surface area contributed by atoms with Gasteiger partial charge in [-0.1, -0.05) is 23.4 Å². The number of fused-ring (bicyclic) bond motifs is 2. The van der Waals surface area contributed by atoms with Crippen LogP contribution in [-0.2, 0) is 24.8 Å². The summed E-state index contributed by atoms with van der Waals surface area (Å²) in [5.74, 6) is 9.25. The number of ether oxygens (including phenoxy) is 2. The maximum atomic E-state index is 12.7. The fourth-order valence-electron chi connectivity index (χ4n) is 6.64. The van der Waals surface area contributed by atoms with Crippen LogP contribution in [0, 0.1) is 25.7 Å². The Kier molecular flexibility index (Phi) is 15.3. The van der Waals surface area contributed by atoms with Crippen LogP contribution < -0.4 is 15.4 Å². The number of aryl methyl sites for hydroxylation is 3. The molecule has 0 aliphatic rings. The zero-order valence-electron chi connectivity index (χ0n) is 33.0. The van der Waals surface area contributed by atoms with Crippen LogP contribution in [0.2, 0.25) is 5.15 Å². The molecule has 0 unspecified atom stereocenters. The first-order chi connectivity index (χ1) is 26.9. The molecular formula is C40H51Cl3N10O3. The number of hydrogen-bond donors (Lipinski definition) is 1. The van der Waals surface area contributed by atoms with Crippen molar-refractivity contribution in [3.05, 3.63) is 64.0 Å². The Bertz CT molecular complexity index is 2190. The second-order valence-electron chi connectivity index (χ2n) is 13.8. The molecule has 0 atom stereocenters. The Balaban J connectivity index is 1.06. The number of nitrogens with zero attached hydrogens (tertiary/aromatic N) is 9. The van der Waals surface area contributed by atoms with E-state index < -0.39 is 6.09 Å². The minimum Gasteiger partial charge on any atom is -0.496 e. The SMILES string of the molecule is COc1c(C)cnc(Cn2cc(C#CCCOC(=O)N(C)CCN(C)CCCCc3nc4cc(N(CCCl)CCCl)ccc4n3C)c3c(Cl)nc(N)nc32)c1C. The van der Waals surface area contributed by atoms with Gasteiger partial charge < -0.3 is 39.0 Å². The number of methoxy groups -OCH3 is 1. The van der Waals surface area contributed by atoms with Crippen molar-refractivity contribution in [2.75, 3.05) is 82.9 Å². The van der Waals surface area contributed by atoms with Gasteiger partial charge in [0.05, 0.1) is 41.3 Å². The van der Waals surface area contributed by atoms with Crippen molar-refractivity contribution in [2.24, 2.45) is 7.05 Å². The molecule has 16 heteroatoms. The molecule has 2 N–H and O–H groups in total. The molecule has 0 saturated carbocycles. The Labute approximate surface area is 344 Å². The summed E-state index contributed by atoms with van der Waals surface area (Å²) in [6.45, 7) is 8.14. The molecule has 0 fully saturated rings. The van der Waals surface area contributed by atoms with Crippen molar-refractivity contribution in [3.63, 3.8) is 0 Å². The number of rotatable bonds is 18. The second-order valence-corrected chi connectivity index (χ2v) is 14.9.